The van der Waals surface area contributed by atoms with Crippen LogP contribution in [0.15, 0.2) is 66.7 Å². The molecule has 0 heterocycles. The number of anilines is 2. The molecule has 3 rings (SSSR count). The van der Waals surface area contributed by atoms with Crippen molar-refractivity contribution in [2.75, 3.05) is 5.32 Å². The molecule has 0 fully saturated rings. The molecule has 0 saturated carbocycles. The summed E-state index contributed by atoms with van der Waals surface area (Å²) in [5, 5.41) is 12.4. The Balaban J connectivity index is 1.64. The summed E-state index contributed by atoms with van der Waals surface area (Å²) in [5.41, 5.74) is 9.65. The third-order valence-corrected chi connectivity index (χ3v) is 4.43. The fourth-order valence-corrected chi connectivity index (χ4v) is 2.89. The number of carboxylic acids is 1. The maximum atomic E-state index is 13.8. The summed E-state index contributed by atoms with van der Waals surface area (Å²) < 4.78 is 13.8. The number of nitrogens with two attached hydrogens (primary N) is 1. The molecule has 0 spiro atoms. The molecular formula is C22H21FN2O2. The van der Waals surface area contributed by atoms with Crippen LogP contribution in [0.25, 0.3) is 0 Å². The van der Waals surface area contributed by atoms with Crippen LogP contribution in [0.3, 0.4) is 0 Å². The van der Waals surface area contributed by atoms with E-state index in [1.165, 1.54) is 0 Å². The van der Waals surface area contributed by atoms with E-state index < -0.39 is 5.97 Å². The van der Waals surface area contributed by atoms with Gasteiger partial charge in [-0.25, -0.2) is 9.18 Å². The second kappa shape index (κ2) is 8.47. The first kappa shape index (κ1) is 18.6. The molecule has 0 bridgehead atoms. The van der Waals surface area contributed by atoms with E-state index in [0.29, 0.717) is 11.3 Å². The highest BCUT2D eigenvalue weighted by molar-refractivity contribution is 5.95. The fraction of sp³-hybridized carbons (Fsp3) is 0.136. The Morgan fingerprint density at radius 2 is 1.63 bits per heavy atom. The van der Waals surface area contributed by atoms with Crippen molar-refractivity contribution in [1.29, 1.82) is 0 Å². The Kier molecular flexibility index (Phi) is 5.84. The third-order valence-electron chi connectivity index (χ3n) is 4.43. The van der Waals surface area contributed by atoms with Crippen molar-refractivity contribution in [1.82, 2.24) is 0 Å². The summed E-state index contributed by atoms with van der Waals surface area (Å²) in [6.45, 7) is 0.200. The van der Waals surface area contributed by atoms with Gasteiger partial charge in [0.05, 0.1) is 11.3 Å². The van der Waals surface area contributed by atoms with Gasteiger partial charge in [0.15, 0.2) is 0 Å². The number of aryl methyl sites for hydroxylation is 2. The lowest BCUT2D eigenvalue weighted by molar-refractivity contribution is 0.0698. The van der Waals surface area contributed by atoms with Gasteiger partial charge in [-0.1, -0.05) is 36.4 Å². The fourth-order valence-electron chi connectivity index (χ4n) is 2.89. The largest absolute Gasteiger partial charge is 0.478 e. The molecule has 4 N–H and O–H groups in total. The maximum absolute atomic E-state index is 13.8. The van der Waals surface area contributed by atoms with Crippen molar-refractivity contribution in [2.45, 2.75) is 19.4 Å². The average Bonchev–Trinajstić information content (AvgIpc) is 2.68. The standard InChI is InChI=1S/C22H21FN2O2/c23-20-13-16(7-10-17(20)14-24)6-5-15-8-11-18(12-9-15)25-21-4-2-1-3-19(21)22(26)27/h1-4,7-13,25H,5-6,14,24H2,(H,26,27). The summed E-state index contributed by atoms with van der Waals surface area (Å²) in [6.07, 6.45) is 1.52. The number of hydrogen-bond acceptors (Lipinski definition) is 3. The third kappa shape index (κ3) is 4.71. The summed E-state index contributed by atoms with van der Waals surface area (Å²) in [7, 11) is 0. The van der Waals surface area contributed by atoms with Crippen LogP contribution in [0, 0.1) is 5.82 Å². The summed E-state index contributed by atoms with van der Waals surface area (Å²) in [6, 6.07) is 19.7. The second-order valence-corrected chi connectivity index (χ2v) is 6.30. The molecule has 138 valence electrons. The predicted molar refractivity (Wildman–Crippen MR) is 105 cm³/mol. The molecule has 0 aliphatic heterocycles. The number of nitrogens with one attached hydrogen (secondary N) is 1. The summed E-state index contributed by atoms with van der Waals surface area (Å²) in [5.74, 6) is -1.23. The Morgan fingerprint density at radius 1 is 0.963 bits per heavy atom. The number of carbonyl (C=O) groups is 1. The van der Waals surface area contributed by atoms with Gasteiger partial charge in [0.2, 0.25) is 0 Å². The van der Waals surface area contributed by atoms with E-state index >= 15 is 0 Å². The van der Waals surface area contributed by atoms with Crippen molar-refractivity contribution in [2.24, 2.45) is 5.73 Å². The number of rotatable bonds is 7. The highest BCUT2D eigenvalue weighted by Crippen LogP contribution is 2.22. The van der Waals surface area contributed by atoms with Crippen molar-refractivity contribution < 1.29 is 14.3 Å². The molecule has 4 nitrogen and oxygen atoms in total. The lowest BCUT2D eigenvalue weighted by atomic mass is 10.0. The first-order chi connectivity index (χ1) is 13.1. The van der Waals surface area contributed by atoms with Gasteiger partial charge in [-0.05, 0) is 54.3 Å². The highest BCUT2D eigenvalue weighted by Gasteiger charge is 2.09. The molecule has 0 aliphatic carbocycles. The number of benzene rings is 3. The zero-order chi connectivity index (χ0) is 19.2. The van der Waals surface area contributed by atoms with Crippen LogP contribution in [-0.2, 0) is 19.4 Å². The number of para-hydroxylation sites is 1. The topological polar surface area (TPSA) is 75.3 Å². The summed E-state index contributed by atoms with van der Waals surface area (Å²) >= 11 is 0. The monoisotopic (exact) mass is 364 g/mol. The number of hydrogen-bond donors (Lipinski definition) is 3. The number of aromatic carboxylic acids is 1. The van der Waals surface area contributed by atoms with E-state index in [4.69, 9.17) is 5.73 Å². The van der Waals surface area contributed by atoms with Crippen LogP contribution < -0.4 is 11.1 Å². The van der Waals surface area contributed by atoms with Crippen LogP contribution in [0.2, 0.25) is 0 Å². The first-order valence-corrected chi connectivity index (χ1v) is 8.72. The lowest BCUT2D eigenvalue weighted by Crippen LogP contribution is -2.02. The van der Waals surface area contributed by atoms with Crippen molar-refractivity contribution in [3.05, 3.63) is 94.8 Å². The molecule has 0 aromatic heterocycles. The smallest absolute Gasteiger partial charge is 0.337 e. The second-order valence-electron chi connectivity index (χ2n) is 6.30. The normalized spacial score (nSPS) is 10.6. The SMILES string of the molecule is NCc1ccc(CCc2ccc(Nc3ccccc3C(=O)O)cc2)cc1F. The number of carboxylic acid groups (broad SMARTS) is 1. The van der Waals surface area contributed by atoms with Crippen molar-refractivity contribution in [3.8, 4) is 0 Å². The molecule has 5 heteroatoms. The minimum atomic E-state index is -0.970. The van der Waals surface area contributed by atoms with Gasteiger partial charge in [0, 0.05) is 17.8 Å². The molecule has 0 aliphatic rings. The average molecular weight is 364 g/mol. The van der Waals surface area contributed by atoms with Crippen LogP contribution in [0.4, 0.5) is 15.8 Å². The van der Waals surface area contributed by atoms with Crippen LogP contribution in [0.1, 0.15) is 27.0 Å². The van der Waals surface area contributed by atoms with Gasteiger partial charge in [-0.15, -0.1) is 0 Å². The summed E-state index contributed by atoms with van der Waals surface area (Å²) in [4.78, 5) is 11.3. The van der Waals surface area contributed by atoms with Gasteiger partial charge in [0.25, 0.3) is 0 Å². The molecule has 0 amide bonds. The first-order valence-electron chi connectivity index (χ1n) is 8.72. The van der Waals surface area contributed by atoms with E-state index in [2.05, 4.69) is 5.32 Å². The predicted octanol–water partition coefficient (Wildman–Crippen LogP) is 4.51. The van der Waals surface area contributed by atoms with Crippen LogP contribution in [-0.4, -0.2) is 11.1 Å². The van der Waals surface area contributed by atoms with Gasteiger partial charge < -0.3 is 16.2 Å². The molecule has 27 heavy (non-hydrogen) atoms. The minimum absolute atomic E-state index is 0.200. The minimum Gasteiger partial charge on any atom is -0.478 e. The highest BCUT2D eigenvalue weighted by atomic mass is 19.1. The van der Waals surface area contributed by atoms with Crippen molar-refractivity contribution in [3.63, 3.8) is 0 Å². The van der Waals surface area contributed by atoms with E-state index in [1.54, 1.807) is 36.4 Å². The molecule has 3 aromatic carbocycles. The molecular weight excluding hydrogens is 343 g/mol. The molecule has 0 saturated heterocycles. The Bertz CT molecular complexity index is 939. The van der Waals surface area contributed by atoms with Gasteiger partial charge in [-0.2, -0.15) is 0 Å². The van der Waals surface area contributed by atoms with E-state index in [0.717, 1.165) is 29.7 Å². The van der Waals surface area contributed by atoms with E-state index in [-0.39, 0.29) is 17.9 Å². The molecule has 0 radical (unpaired) electrons. The van der Waals surface area contributed by atoms with Gasteiger partial charge in [-0.3, -0.25) is 0 Å². The van der Waals surface area contributed by atoms with Gasteiger partial charge in [0.1, 0.15) is 5.82 Å². The Morgan fingerprint density at radius 3 is 2.30 bits per heavy atom. The van der Waals surface area contributed by atoms with E-state index in [9.17, 15) is 14.3 Å². The maximum Gasteiger partial charge on any atom is 0.337 e. The zero-order valence-corrected chi connectivity index (χ0v) is 14.8. The van der Waals surface area contributed by atoms with Gasteiger partial charge >= 0.3 is 5.97 Å². The zero-order valence-electron chi connectivity index (χ0n) is 14.8. The van der Waals surface area contributed by atoms with Crippen LogP contribution in [0.5, 0.6) is 0 Å². The molecule has 3 aromatic rings. The molecule has 0 atom stereocenters. The van der Waals surface area contributed by atoms with E-state index in [1.807, 2.05) is 30.3 Å². The Labute approximate surface area is 157 Å². The number of halogens is 1. The lowest BCUT2D eigenvalue weighted by Gasteiger charge is -2.10. The van der Waals surface area contributed by atoms with Crippen LogP contribution >= 0.6 is 0 Å². The van der Waals surface area contributed by atoms with Crippen molar-refractivity contribution >= 4 is 17.3 Å². The molecule has 0 unspecified atom stereocenters. The Hall–Kier alpha value is -3.18. The quantitative estimate of drug-likeness (QED) is 0.576.